The number of likely N-dealkylation sites (tertiary alicyclic amines) is 1. The van der Waals surface area contributed by atoms with Crippen molar-refractivity contribution in [2.45, 2.75) is 32.1 Å². The smallest absolute Gasteiger partial charge is 0.274 e. The summed E-state index contributed by atoms with van der Waals surface area (Å²) in [7, 11) is 0. The number of hydrogen-bond acceptors (Lipinski definition) is 5. The van der Waals surface area contributed by atoms with Crippen LogP contribution in [0.5, 0.6) is 0 Å². The third-order valence-corrected chi connectivity index (χ3v) is 6.63. The summed E-state index contributed by atoms with van der Waals surface area (Å²) < 4.78 is 26.4. The third kappa shape index (κ3) is 4.14. The highest BCUT2D eigenvalue weighted by molar-refractivity contribution is 5.93. The van der Waals surface area contributed by atoms with Crippen LogP contribution in [-0.4, -0.2) is 70.6 Å². The number of carbonyl (C=O) groups is 2. The molecule has 0 radical (unpaired) electrons. The molecule has 5 rings (SSSR count). The van der Waals surface area contributed by atoms with Crippen LogP contribution in [0.4, 0.5) is 4.39 Å². The molecule has 2 amide bonds. The molecule has 3 aliphatic rings. The van der Waals surface area contributed by atoms with E-state index in [4.69, 9.17) is 9.47 Å². The maximum atomic E-state index is 13.2. The summed E-state index contributed by atoms with van der Waals surface area (Å²) in [5.74, 6) is -0.246. The molecule has 0 saturated carbocycles. The number of morpholine rings is 1. The van der Waals surface area contributed by atoms with E-state index in [0.29, 0.717) is 64.5 Å². The highest BCUT2D eigenvalue weighted by Crippen LogP contribution is 2.29. The van der Waals surface area contributed by atoms with Crippen molar-refractivity contribution in [1.82, 2.24) is 19.4 Å². The van der Waals surface area contributed by atoms with Gasteiger partial charge < -0.3 is 23.8 Å². The van der Waals surface area contributed by atoms with Crippen LogP contribution in [-0.2, 0) is 27.4 Å². The predicted molar refractivity (Wildman–Crippen MR) is 112 cm³/mol. The average Bonchev–Trinajstić information content (AvgIpc) is 3.27. The number of carbonyl (C=O) groups excluding carboxylic acids is 2. The van der Waals surface area contributed by atoms with E-state index in [1.54, 1.807) is 23.4 Å². The Balaban J connectivity index is 1.20. The van der Waals surface area contributed by atoms with Crippen LogP contribution in [0.3, 0.4) is 0 Å². The fourth-order valence-electron chi connectivity index (χ4n) is 4.71. The first-order valence-electron chi connectivity index (χ1n) is 11.2. The molecule has 4 heterocycles. The third-order valence-electron chi connectivity index (χ3n) is 6.63. The first kappa shape index (κ1) is 21.1. The SMILES string of the molecule is O=C(c1ncn2c1CO[C@@H](c1ccc(F)cc1)C2)N1CCC(C(=O)N2CCOCC2)CC1. The van der Waals surface area contributed by atoms with Crippen molar-refractivity contribution >= 4 is 11.8 Å². The van der Waals surface area contributed by atoms with Gasteiger partial charge in [0.05, 0.1) is 38.4 Å². The maximum absolute atomic E-state index is 13.2. The largest absolute Gasteiger partial charge is 0.378 e. The Morgan fingerprint density at radius 3 is 2.44 bits per heavy atom. The molecule has 1 atom stereocenters. The topological polar surface area (TPSA) is 76.9 Å². The lowest BCUT2D eigenvalue weighted by Crippen LogP contribution is -2.47. The van der Waals surface area contributed by atoms with Crippen LogP contribution in [0, 0.1) is 11.7 Å². The summed E-state index contributed by atoms with van der Waals surface area (Å²) in [5, 5.41) is 0. The molecule has 8 nitrogen and oxygen atoms in total. The molecule has 0 N–H and O–H groups in total. The fraction of sp³-hybridized carbons (Fsp3) is 0.522. The molecule has 32 heavy (non-hydrogen) atoms. The number of fused-ring (bicyclic) bond motifs is 1. The number of ether oxygens (including phenoxy) is 2. The van der Waals surface area contributed by atoms with E-state index in [9.17, 15) is 14.0 Å². The second kappa shape index (κ2) is 8.99. The standard InChI is InChI=1S/C23H27FN4O4/c24-18-3-1-16(2-4-18)20-13-28-15-25-21(19(28)14-32-20)23(30)26-7-5-17(6-8-26)22(29)27-9-11-31-12-10-27/h1-4,15,17,20H,5-14H2/t20-/m1/s1. The van der Waals surface area contributed by atoms with Crippen LogP contribution >= 0.6 is 0 Å². The van der Waals surface area contributed by atoms with Gasteiger partial charge in [0.1, 0.15) is 11.9 Å². The second-order valence-corrected chi connectivity index (χ2v) is 8.55. The minimum Gasteiger partial charge on any atom is -0.378 e. The number of piperidine rings is 1. The highest BCUT2D eigenvalue weighted by atomic mass is 19.1. The lowest BCUT2D eigenvalue weighted by atomic mass is 9.94. The van der Waals surface area contributed by atoms with Gasteiger partial charge in [-0.3, -0.25) is 9.59 Å². The molecule has 0 aliphatic carbocycles. The van der Waals surface area contributed by atoms with Gasteiger partial charge in [0.15, 0.2) is 5.69 Å². The van der Waals surface area contributed by atoms with Gasteiger partial charge in [-0.25, -0.2) is 9.37 Å². The van der Waals surface area contributed by atoms with Crippen molar-refractivity contribution in [2.24, 2.45) is 5.92 Å². The molecule has 3 aliphatic heterocycles. The van der Waals surface area contributed by atoms with E-state index in [1.165, 1.54) is 12.1 Å². The Morgan fingerprint density at radius 2 is 1.72 bits per heavy atom. The molecule has 1 aromatic carbocycles. The lowest BCUT2D eigenvalue weighted by Gasteiger charge is -2.35. The molecule has 170 valence electrons. The molecule has 9 heteroatoms. The Labute approximate surface area is 185 Å². The van der Waals surface area contributed by atoms with E-state index in [2.05, 4.69) is 4.98 Å². The Hall–Kier alpha value is -2.78. The van der Waals surface area contributed by atoms with Crippen molar-refractivity contribution in [3.8, 4) is 0 Å². The quantitative estimate of drug-likeness (QED) is 0.727. The van der Waals surface area contributed by atoms with Gasteiger partial charge in [0.2, 0.25) is 5.91 Å². The van der Waals surface area contributed by atoms with Gasteiger partial charge in [-0.2, -0.15) is 0 Å². The maximum Gasteiger partial charge on any atom is 0.274 e. The second-order valence-electron chi connectivity index (χ2n) is 8.55. The van der Waals surface area contributed by atoms with Gasteiger partial charge in [0, 0.05) is 32.1 Å². The van der Waals surface area contributed by atoms with E-state index in [0.717, 1.165) is 11.3 Å². The molecule has 0 bridgehead atoms. The van der Waals surface area contributed by atoms with Gasteiger partial charge in [-0.1, -0.05) is 12.1 Å². The van der Waals surface area contributed by atoms with Crippen LogP contribution < -0.4 is 0 Å². The molecule has 1 aromatic heterocycles. The van der Waals surface area contributed by atoms with Crippen LogP contribution in [0.25, 0.3) is 0 Å². The highest BCUT2D eigenvalue weighted by Gasteiger charge is 2.33. The molecule has 2 aromatic rings. The number of rotatable bonds is 3. The van der Waals surface area contributed by atoms with Crippen molar-refractivity contribution in [3.05, 3.63) is 53.4 Å². The first-order chi connectivity index (χ1) is 15.6. The number of nitrogens with zero attached hydrogens (tertiary/aromatic N) is 4. The summed E-state index contributed by atoms with van der Waals surface area (Å²) in [5.41, 5.74) is 2.08. The molecule has 0 unspecified atom stereocenters. The zero-order valence-electron chi connectivity index (χ0n) is 17.9. The van der Waals surface area contributed by atoms with Crippen molar-refractivity contribution in [3.63, 3.8) is 0 Å². The van der Waals surface area contributed by atoms with E-state index < -0.39 is 0 Å². The first-order valence-corrected chi connectivity index (χ1v) is 11.2. The van der Waals surface area contributed by atoms with Crippen molar-refractivity contribution in [2.75, 3.05) is 39.4 Å². The summed E-state index contributed by atoms with van der Waals surface area (Å²) in [6.07, 6.45) is 2.81. The van der Waals surface area contributed by atoms with E-state index >= 15 is 0 Å². The predicted octanol–water partition coefficient (Wildman–Crippen LogP) is 2.00. The molecule has 0 spiro atoms. The zero-order valence-corrected chi connectivity index (χ0v) is 17.9. The minimum atomic E-state index is -0.281. The van der Waals surface area contributed by atoms with Crippen molar-refractivity contribution < 1.29 is 23.5 Å². The van der Waals surface area contributed by atoms with Crippen LogP contribution in [0.15, 0.2) is 30.6 Å². The van der Waals surface area contributed by atoms with E-state index in [-0.39, 0.29) is 36.3 Å². The number of imidazole rings is 1. The van der Waals surface area contributed by atoms with Gasteiger partial charge in [-0.05, 0) is 30.5 Å². The van der Waals surface area contributed by atoms with Crippen molar-refractivity contribution in [1.29, 1.82) is 0 Å². The number of benzene rings is 1. The number of amides is 2. The summed E-state index contributed by atoms with van der Waals surface area (Å²) >= 11 is 0. The Bertz CT molecular complexity index is 978. The molecular weight excluding hydrogens is 415 g/mol. The van der Waals surface area contributed by atoms with Gasteiger partial charge in [0.25, 0.3) is 5.91 Å². The Morgan fingerprint density at radius 1 is 1.00 bits per heavy atom. The monoisotopic (exact) mass is 442 g/mol. The number of aromatic nitrogens is 2. The summed E-state index contributed by atoms with van der Waals surface area (Å²) in [6.45, 7) is 4.38. The lowest BCUT2D eigenvalue weighted by molar-refractivity contribution is -0.141. The molecule has 2 saturated heterocycles. The minimum absolute atomic E-state index is 0.0344. The van der Waals surface area contributed by atoms with Gasteiger partial charge in [-0.15, -0.1) is 0 Å². The zero-order chi connectivity index (χ0) is 22.1. The number of halogens is 1. The normalized spacial score (nSPS) is 22.0. The van der Waals surface area contributed by atoms with Gasteiger partial charge >= 0.3 is 0 Å². The van der Waals surface area contributed by atoms with Crippen LogP contribution in [0.1, 0.15) is 40.7 Å². The fourth-order valence-corrected chi connectivity index (χ4v) is 4.71. The van der Waals surface area contributed by atoms with E-state index in [1.807, 2.05) is 9.47 Å². The van der Waals surface area contributed by atoms with Crippen LogP contribution in [0.2, 0.25) is 0 Å². The Kier molecular flexibility index (Phi) is 5.93. The molecule has 2 fully saturated rings. The molecular formula is C23H27FN4O4. The summed E-state index contributed by atoms with van der Waals surface area (Å²) in [6, 6.07) is 6.28. The number of hydrogen-bond donors (Lipinski definition) is 0. The summed E-state index contributed by atoms with van der Waals surface area (Å²) in [4.78, 5) is 33.9. The average molecular weight is 442 g/mol.